The van der Waals surface area contributed by atoms with E-state index < -0.39 is 0 Å². The van der Waals surface area contributed by atoms with Crippen molar-refractivity contribution in [2.24, 2.45) is 5.92 Å². The number of hydrogen-bond acceptors (Lipinski definition) is 6. The largest absolute Gasteiger partial charge is 0.411 e. The van der Waals surface area contributed by atoms with Gasteiger partial charge in [0.1, 0.15) is 0 Å². The molecule has 0 aliphatic carbocycles. The van der Waals surface area contributed by atoms with E-state index in [1.165, 1.54) is 11.8 Å². The van der Waals surface area contributed by atoms with E-state index in [0.717, 1.165) is 16.5 Å². The third-order valence-electron chi connectivity index (χ3n) is 3.42. The summed E-state index contributed by atoms with van der Waals surface area (Å²) in [5, 5.41) is 27.2. The fraction of sp³-hybridized carbons (Fsp3) is 0.250. The summed E-state index contributed by atoms with van der Waals surface area (Å²) in [4.78, 5) is 3.17. The standard InChI is InChI=1S/C16H13N5OS/c17-7-3-4-11(8-18)10-23-16-21-20-15(22-16)13-9-19-14-6-2-1-5-12(13)14/h1-2,5-6,9,11,19H,3-4,10H2/t11-/m1/s1. The second-order valence-corrected chi connectivity index (χ2v) is 5.93. The first-order valence-electron chi connectivity index (χ1n) is 7.11. The Hall–Kier alpha value is -2.77. The molecule has 0 bridgehead atoms. The van der Waals surface area contributed by atoms with Gasteiger partial charge in [0, 0.05) is 29.3 Å². The van der Waals surface area contributed by atoms with E-state index in [4.69, 9.17) is 14.9 Å². The number of para-hydroxylation sites is 1. The van der Waals surface area contributed by atoms with E-state index in [1.807, 2.05) is 30.5 Å². The highest BCUT2D eigenvalue weighted by molar-refractivity contribution is 7.99. The van der Waals surface area contributed by atoms with E-state index in [-0.39, 0.29) is 5.92 Å². The number of nitrogens with zero attached hydrogens (tertiary/aromatic N) is 4. The van der Waals surface area contributed by atoms with Crippen molar-refractivity contribution in [3.63, 3.8) is 0 Å². The number of aromatic amines is 1. The Kier molecular flexibility index (Phi) is 4.60. The maximum atomic E-state index is 9.06. The van der Waals surface area contributed by atoms with Crippen molar-refractivity contribution in [3.8, 4) is 23.6 Å². The van der Waals surface area contributed by atoms with Crippen molar-refractivity contribution in [3.05, 3.63) is 30.5 Å². The Morgan fingerprint density at radius 3 is 2.96 bits per heavy atom. The van der Waals surface area contributed by atoms with Crippen molar-refractivity contribution in [1.29, 1.82) is 10.5 Å². The Morgan fingerprint density at radius 1 is 1.26 bits per heavy atom. The third-order valence-corrected chi connectivity index (χ3v) is 4.40. The highest BCUT2D eigenvalue weighted by atomic mass is 32.2. The Balaban J connectivity index is 1.71. The minimum absolute atomic E-state index is 0.192. The SMILES string of the molecule is N#CCC[C@H](C#N)CSc1nnc(-c2c[nH]c3ccccc23)o1. The second kappa shape index (κ2) is 6.99. The van der Waals surface area contributed by atoms with E-state index in [9.17, 15) is 0 Å². The summed E-state index contributed by atoms with van der Waals surface area (Å²) in [7, 11) is 0. The van der Waals surface area contributed by atoms with Crippen LogP contribution in [0.25, 0.3) is 22.4 Å². The molecule has 1 atom stereocenters. The molecule has 0 aliphatic rings. The molecule has 0 amide bonds. The molecule has 2 aromatic heterocycles. The first-order chi connectivity index (χ1) is 11.3. The van der Waals surface area contributed by atoms with E-state index in [2.05, 4.69) is 27.3 Å². The van der Waals surface area contributed by atoms with Crippen LogP contribution >= 0.6 is 11.8 Å². The molecular formula is C16H13N5OS. The average molecular weight is 323 g/mol. The summed E-state index contributed by atoms with van der Waals surface area (Å²) in [6.45, 7) is 0. The summed E-state index contributed by atoms with van der Waals surface area (Å²) in [6.07, 6.45) is 2.78. The zero-order chi connectivity index (χ0) is 16.1. The van der Waals surface area contributed by atoms with E-state index >= 15 is 0 Å². The Bertz CT molecular complexity index is 886. The predicted molar refractivity (Wildman–Crippen MR) is 86.3 cm³/mol. The van der Waals surface area contributed by atoms with E-state index in [0.29, 0.717) is 29.7 Å². The van der Waals surface area contributed by atoms with Gasteiger partial charge in [0.15, 0.2) is 0 Å². The predicted octanol–water partition coefficient (Wildman–Crippen LogP) is 3.75. The zero-order valence-electron chi connectivity index (χ0n) is 12.2. The normalized spacial score (nSPS) is 11.9. The number of fused-ring (bicyclic) bond motifs is 1. The summed E-state index contributed by atoms with van der Waals surface area (Å²) < 4.78 is 5.68. The second-order valence-electron chi connectivity index (χ2n) is 4.95. The van der Waals surface area contributed by atoms with Gasteiger partial charge in [0.05, 0.1) is 23.6 Å². The molecule has 0 unspecified atom stereocenters. The molecule has 7 heteroatoms. The number of nitrogens with one attached hydrogen (secondary N) is 1. The lowest BCUT2D eigenvalue weighted by atomic mass is 10.1. The van der Waals surface area contributed by atoms with Crippen LogP contribution in [-0.4, -0.2) is 20.9 Å². The van der Waals surface area contributed by atoms with Crippen LogP contribution in [0.15, 0.2) is 40.1 Å². The number of thioether (sulfide) groups is 1. The lowest BCUT2D eigenvalue weighted by molar-refractivity contribution is 0.465. The number of nitriles is 2. The molecule has 2 heterocycles. The number of aromatic nitrogens is 3. The van der Waals surface area contributed by atoms with Gasteiger partial charge in [-0.1, -0.05) is 30.0 Å². The van der Waals surface area contributed by atoms with Crippen LogP contribution in [0.1, 0.15) is 12.8 Å². The molecule has 6 nitrogen and oxygen atoms in total. The van der Waals surface area contributed by atoms with Crippen LogP contribution < -0.4 is 0 Å². The van der Waals surface area contributed by atoms with Gasteiger partial charge < -0.3 is 9.40 Å². The lowest BCUT2D eigenvalue weighted by Crippen LogP contribution is -1.99. The smallest absolute Gasteiger partial charge is 0.276 e. The van der Waals surface area contributed by atoms with Crippen molar-refractivity contribution in [2.45, 2.75) is 18.1 Å². The molecule has 0 saturated carbocycles. The molecule has 3 rings (SSSR count). The van der Waals surface area contributed by atoms with Gasteiger partial charge in [0.2, 0.25) is 0 Å². The number of hydrogen-bond donors (Lipinski definition) is 1. The molecule has 1 aromatic carbocycles. The molecule has 0 spiro atoms. The van der Waals surface area contributed by atoms with Crippen LogP contribution in [0.4, 0.5) is 0 Å². The Morgan fingerprint density at radius 2 is 2.13 bits per heavy atom. The Labute approximate surface area is 137 Å². The first kappa shape index (κ1) is 15.1. The molecule has 1 N–H and O–H groups in total. The summed E-state index contributed by atoms with van der Waals surface area (Å²) in [6, 6.07) is 12.1. The first-order valence-corrected chi connectivity index (χ1v) is 8.09. The zero-order valence-corrected chi connectivity index (χ0v) is 13.0. The minimum Gasteiger partial charge on any atom is -0.411 e. The van der Waals surface area contributed by atoms with Crippen LogP contribution in [0, 0.1) is 28.6 Å². The monoisotopic (exact) mass is 323 g/mol. The van der Waals surface area contributed by atoms with Crippen molar-refractivity contribution >= 4 is 22.7 Å². The van der Waals surface area contributed by atoms with Gasteiger partial charge in [-0.05, 0) is 12.5 Å². The highest BCUT2D eigenvalue weighted by Gasteiger charge is 2.15. The molecule has 0 saturated heterocycles. The van der Waals surface area contributed by atoms with Crippen LogP contribution in [0.2, 0.25) is 0 Å². The van der Waals surface area contributed by atoms with Gasteiger partial charge in [-0.15, -0.1) is 10.2 Å². The van der Waals surface area contributed by atoms with Crippen LogP contribution in [0.5, 0.6) is 0 Å². The average Bonchev–Trinajstić information content (AvgIpc) is 3.21. The fourth-order valence-corrected chi connectivity index (χ4v) is 3.04. The highest BCUT2D eigenvalue weighted by Crippen LogP contribution is 2.30. The van der Waals surface area contributed by atoms with Gasteiger partial charge >= 0.3 is 0 Å². The quantitative estimate of drug-likeness (QED) is 0.693. The van der Waals surface area contributed by atoms with Gasteiger partial charge in [-0.2, -0.15) is 10.5 Å². The molecule has 0 fully saturated rings. The topological polar surface area (TPSA) is 102 Å². The van der Waals surface area contributed by atoms with Gasteiger partial charge in [-0.25, -0.2) is 0 Å². The summed E-state index contributed by atoms with van der Waals surface area (Å²) in [5.74, 6) is 0.798. The number of H-pyrrole nitrogens is 1. The van der Waals surface area contributed by atoms with Crippen molar-refractivity contribution in [2.75, 3.05) is 5.75 Å². The minimum atomic E-state index is -0.192. The number of rotatable bonds is 6. The van der Waals surface area contributed by atoms with Crippen molar-refractivity contribution < 1.29 is 4.42 Å². The fourth-order valence-electron chi connectivity index (χ4n) is 2.22. The molecule has 0 aliphatic heterocycles. The maximum absolute atomic E-state index is 9.06. The molecule has 114 valence electrons. The third kappa shape index (κ3) is 3.36. The van der Waals surface area contributed by atoms with Gasteiger partial charge in [0.25, 0.3) is 11.1 Å². The molecular weight excluding hydrogens is 310 g/mol. The molecule has 23 heavy (non-hydrogen) atoms. The van der Waals surface area contributed by atoms with Crippen LogP contribution in [-0.2, 0) is 0 Å². The molecule has 0 radical (unpaired) electrons. The molecule has 3 aromatic rings. The summed E-state index contributed by atoms with van der Waals surface area (Å²) >= 11 is 1.34. The van der Waals surface area contributed by atoms with Gasteiger partial charge in [-0.3, -0.25) is 0 Å². The van der Waals surface area contributed by atoms with Crippen molar-refractivity contribution in [1.82, 2.24) is 15.2 Å². The maximum Gasteiger partial charge on any atom is 0.276 e. The van der Waals surface area contributed by atoms with E-state index in [1.54, 1.807) is 0 Å². The number of benzene rings is 1. The summed E-state index contributed by atoms with van der Waals surface area (Å²) in [5.41, 5.74) is 1.87. The lowest BCUT2D eigenvalue weighted by Gasteiger charge is -2.02. The van der Waals surface area contributed by atoms with Crippen LogP contribution in [0.3, 0.4) is 0 Å².